The van der Waals surface area contributed by atoms with Gasteiger partial charge in [0.1, 0.15) is 23.6 Å². The highest BCUT2D eigenvalue weighted by atomic mass is 19.1. The van der Waals surface area contributed by atoms with Crippen molar-refractivity contribution in [1.29, 1.82) is 0 Å². The fourth-order valence-corrected chi connectivity index (χ4v) is 6.42. The minimum atomic E-state index is -1.01. The molecule has 0 bridgehead atoms. The molecule has 14 heteroatoms. The number of rotatable bonds is 11. The number of alkyl halides is 1. The molecule has 0 amide bonds. The third kappa shape index (κ3) is 6.82. The van der Waals surface area contributed by atoms with Gasteiger partial charge in [-0.05, 0) is 77.9 Å². The summed E-state index contributed by atoms with van der Waals surface area (Å²) in [5, 5.41) is 18.7. The Kier molecular flexibility index (Phi) is 9.18. The molecule has 2 aliphatic rings. The second kappa shape index (κ2) is 13.3. The molecule has 246 valence electrons. The number of hydrogen-bond donors (Lipinski definition) is 5. The molecule has 0 radical (unpaired) electrons. The van der Waals surface area contributed by atoms with Gasteiger partial charge in [-0.25, -0.2) is 14.4 Å². The molecule has 3 unspecified atom stereocenters. The number of aryl methyl sites for hydroxylation is 3. The summed E-state index contributed by atoms with van der Waals surface area (Å²) in [4.78, 5) is 33.1. The number of likely N-dealkylation sites (tertiary alicyclic amines) is 2. The van der Waals surface area contributed by atoms with E-state index in [0.717, 1.165) is 58.7 Å². The molecule has 13 nitrogen and oxygen atoms in total. The van der Waals surface area contributed by atoms with E-state index < -0.39 is 6.17 Å². The van der Waals surface area contributed by atoms with Crippen molar-refractivity contribution in [3.63, 3.8) is 0 Å². The van der Waals surface area contributed by atoms with Gasteiger partial charge in [-0.2, -0.15) is 19.9 Å². The highest BCUT2D eigenvalue weighted by Gasteiger charge is 2.34. The van der Waals surface area contributed by atoms with Gasteiger partial charge in [-0.3, -0.25) is 4.90 Å². The Morgan fingerprint density at radius 3 is 2.04 bits per heavy atom. The van der Waals surface area contributed by atoms with Crippen LogP contribution in [0.4, 0.5) is 33.7 Å². The summed E-state index contributed by atoms with van der Waals surface area (Å²) < 4.78 is 15.0. The lowest BCUT2D eigenvalue weighted by atomic mass is 10.1. The number of pyridine rings is 2. The SMILES string of the molecule is CNc1cc(C)c2c(NCCNc3nc(NC4CN(C(C)C)CC4F)nc4nc(C)cc(C)c34)nc(NC3CCN(C)C3)nc2n1. The van der Waals surface area contributed by atoms with Crippen molar-refractivity contribution in [2.75, 3.05) is 79.9 Å². The number of likely N-dealkylation sites (N-methyl/N-ethyl adjacent to an activating group) is 1. The molecule has 46 heavy (non-hydrogen) atoms. The average Bonchev–Trinajstić information content (AvgIpc) is 3.58. The standard InChI is InChI=1S/C32H46FN13/c1-17(2)46-15-22(33)23(16-46)39-32-42-27(25-18(3)12-20(5)37-29(25)43-32)35-9-10-36-28-26-19(4)13-24(34-6)40-30(26)44-31(41-28)38-21-8-11-45(7)14-21/h12-13,17,21-23H,8-11,14-16H2,1-7H3,(H2,35,37,39,42,43)(H3,34,36,38,40,41,44). The van der Waals surface area contributed by atoms with Crippen molar-refractivity contribution < 1.29 is 4.39 Å². The molecule has 6 rings (SSSR count). The van der Waals surface area contributed by atoms with E-state index in [1.165, 1.54) is 0 Å². The maximum absolute atomic E-state index is 15.0. The lowest BCUT2D eigenvalue weighted by molar-refractivity contribution is 0.246. The summed E-state index contributed by atoms with van der Waals surface area (Å²) in [6.45, 7) is 14.3. The zero-order valence-corrected chi connectivity index (χ0v) is 27.9. The Morgan fingerprint density at radius 2 is 1.46 bits per heavy atom. The molecule has 5 N–H and O–H groups in total. The normalized spacial score (nSPS) is 20.6. The highest BCUT2D eigenvalue weighted by molar-refractivity contribution is 5.92. The molecule has 6 heterocycles. The fourth-order valence-electron chi connectivity index (χ4n) is 6.42. The summed E-state index contributed by atoms with van der Waals surface area (Å²) in [7, 11) is 3.98. The van der Waals surface area contributed by atoms with Crippen LogP contribution in [0.2, 0.25) is 0 Å². The first-order valence-electron chi connectivity index (χ1n) is 16.2. The van der Waals surface area contributed by atoms with Gasteiger partial charge in [0.2, 0.25) is 11.9 Å². The van der Waals surface area contributed by atoms with Crippen molar-refractivity contribution in [3.05, 3.63) is 29.0 Å². The van der Waals surface area contributed by atoms with Crippen LogP contribution in [0.3, 0.4) is 0 Å². The van der Waals surface area contributed by atoms with Gasteiger partial charge >= 0.3 is 0 Å². The van der Waals surface area contributed by atoms with Crippen molar-refractivity contribution in [2.45, 2.75) is 65.3 Å². The van der Waals surface area contributed by atoms with Crippen molar-refractivity contribution >= 4 is 51.4 Å². The quantitative estimate of drug-likeness (QED) is 0.153. The fraction of sp³-hybridized carbons (Fsp3) is 0.562. The van der Waals surface area contributed by atoms with E-state index in [-0.39, 0.29) is 18.1 Å². The summed E-state index contributed by atoms with van der Waals surface area (Å²) in [5.41, 5.74) is 4.13. The Bertz CT molecular complexity index is 1710. The Morgan fingerprint density at radius 1 is 0.826 bits per heavy atom. The van der Waals surface area contributed by atoms with Crippen LogP contribution in [0.15, 0.2) is 12.1 Å². The average molecular weight is 632 g/mol. The molecular formula is C32H46FN13. The number of anilines is 5. The smallest absolute Gasteiger partial charge is 0.227 e. The summed E-state index contributed by atoms with van der Waals surface area (Å²) in [6, 6.07) is 4.19. The van der Waals surface area contributed by atoms with Crippen LogP contribution in [0.25, 0.3) is 22.1 Å². The van der Waals surface area contributed by atoms with Crippen LogP contribution in [0.1, 0.15) is 37.1 Å². The van der Waals surface area contributed by atoms with Crippen LogP contribution >= 0.6 is 0 Å². The summed E-state index contributed by atoms with van der Waals surface area (Å²) in [5.74, 6) is 3.07. The molecule has 4 aromatic rings. The molecule has 2 aliphatic heterocycles. The number of nitrogens with one attached hydrogen (secondary N) is 5. The molecule has 0 spiro atoms. The summed E-state index contributed by atoms with van der Waals surface area (Å²) >= 11 is 0. The Hall–Kier alpha value is -4.17. The van der Waals surface area contributed by atoms with Gasteiger partial charge in [0.25, 0.3) is 0 Å². The summed E-state index contributed by atoms with van der Waals surface area (Å²) in [6.07, 6.45) is 0.0293. The van der Waals surface area contributed by atoms with Gasteiger partial charge in [0.15, 0.2) is 11.3 Å². The number of hydrogen-bond acceptors (Lipinski definition) is 13. The number of halogens is 1. The van der Waals surface area contributed by atoms with Crippen molar-refractivity contribution in [3.8, 4) is 0 Å². The highest BCUT2D eigenvalue weighted by Crippen LogP contribution is 2.29. The lowest BCUT2D eigenvalue weighted by Gasteiger charge is -2.20. The van der Waals surface area contributed by atoms with Crippen LogP contribution in [-0.2, 0) is 0 Å². The molecule has 4 aromatic heterocycles. The van der Waals surface area contributed by atoms with Gasteiger partial charge < -0.3 is 31.5 Å². The second-order valence-corrected chi connectivity index (χ2v) is 12.9. The van der Waals surface area contributed by atoms with E-state index in [2.05, 4.69) is 57.3 Å². The Balaban J connectivity index is 1.22. The first kappa shape index (κ1) is 31.8. The molecular weight excluding hydrogens is 585 g/mol. The zero-order valence-electron chi connectivity index (χ0n) is 27.9. The van der Waals surface area contributed by atoms with E-state index in [9.17, 15) is 4.39 Å². The topological polar surface area (TPSA) is 144 Å². The van der Waals surface area contributed by atoms with Crippen molar-refractivity contribution in [2.24, 2.45) is 0 Å². The van der Waals surface area contributed by atoms with Crippen LogP contribution in [0.5, 0.6) is 0 Å². The van der Waals surface area contributed by atoms with E-state index in [1.807, 2.05) is 40.0 Å². The first-order chi connectivity index (χ1) is 22.1. The van der Waals surface area contributed by atoms with Gasteiger partial charge in [0, 0.05) is 57.5 Å². The lowest BCUT2D eigenvalue weighted by Crippen LogP contribution is -2.32. The predicted molar refractivity (Wildman–Crippen MR) is 184 cm³/mol. The minimum Gasteiger partial charge on any atom is -0.373 e. The van der Waals surface area contributed by atoms with Crippen LogP contribution in [0, 0.1) is 20.8 Å². The molecule has 3 atom stereocenters. The predicted octanol–water partition coefficient (Wildman–Crippen LogP) is 3.81. The van der Waals surface area contributed by atoms with Gasteiger partial charge in [-0.15, -0.1) is 0 Å². The van der Waals surface area contributed by atoms with Gasteiger partial charge in [0.05, 0.1) is 16.8 Å². The van der Waals surface area contributed by atoms with E-state index in [0.29, 0.717) is 55.2 Å². The Labute approximate surface area is 269 Å². The molecule has 0 saturated carbocycles. The first-order valence-corrected chi connectivity index (χ1v) is 16.2. The number of nitrogens with zero attached hydrogens (tertiary/aromatic N) is 8. The molecule has 2 saturated heterocycles. The van der Waals surface area contributed by atoms with Crippen molar-refractivity contribution in [1.82, 2.24) is 39.7 Å². The number of fused-ring (bicyclic) bond motifs is 2. The van der Waals surface area contributed by atoms with Gasteiger partial charge in [-0.1, -0.05) is 0 Å². The zero-order chi connectivity index (χ0) is 32.5. The number of aromatic nitrogens is 6. The maximum Gasteiger partial charge on any atom is 0.227 e. The molecule has 2 fully saturated rings. The van der Waals surface area contributed by atoms with Crippen LogP contribution < -0.4 is 26.6 Å². The third-order valence-electron chi connectivity index (χ3n) is 8.87. The van der Waals surface area contributed by atoms with E-state index >= 15 is 0 Å². The van der Waals surface area contributed by atoms with E-state index in [4.69, 9.17) is 29.9 Å². The monoisotopic (exact) mass is 631 g/mol. The van der Waals surface area contributed by atoms with E-state index in [1.54, 1.807) is 0 Å². The largest absolute Gasteiger partial charge is 0.373 e. The molecule has 0 aromatic carbocycles. The maximum atomic E-state index is 15.0. The second-order valence-electron chi connectivity index (χ2n) is 12.9. The molecule has 0 aliphatic carbocycles. The van der Waals surface area contributed by atoms with Crippen LogP contribution in [-0.4, -0.2) is 117 Å². The minimum absolute atomic E-state index is 0.271. The third-order valence-corrected chi connectivity index (χ3v) is 8.87.